The molecule has 3 rings (SSSR count). The fraction of sp³-hybridized carbons (Fsp3) is 0.133. The molecule has 7 nitrogen and oxygen atoms in total. The van der Waals surface area contributed by atoms with Gasteiger partial charge in [-0.1, -0.05) is 10.8 Å². The predicted molar refractivity (Wildman–Crippen MR) is 79.0 cm³/mol. The van der Waals surface area contributed by atoms with Gasteiger partial charge in [0, 0.05) is 11.5 Å². The number of hydrogen-bond donors (Lipinski definition) is 3. The first-order valence-corrected chi connectivity index (χ1v) is 6.78. The third-order valence-corrected chi connectivity index (χ3v) is 3.36. The zero-order valence-electron chi connectivity index (χ0n) is 11.7. The van der Waals surface area contributed by atoms with Crippen molar-refractivity contribution in [3.8, 4) is 0 Å². The van der Waals surface area contributed by atoms with Crippen molar-refractivity contribution < 1.29 is 19.8 Å². The summed E-state index contributed by atoms with van der Waals surface area (Å²) in [6.45, 7) is 1.16. The molecule has 0 unspecified atom stereocenters. The SMILES string of the molecule is O=C(O)c1ccc2c(cnn2CCNc2cccc[n+]2O)c1. The summed E-state index contributed by atoms with van der Waals surface area (Å²) in [5.74, 6) is -0.361. The van der Waals surface area contributed by atoms with Crippen LogP contribution in [-0.4, -0.2) is 32.6 Å². The van der Waals surface area contributed by atoms with Gasteiger partial charge in [0.2, 0.25) is 0 Å². The zero-order chi connectivity index (χ0) is 15.5. The van der Waals surface area contributed by atoms with E-state index < -0.39 is 5.97 Å². The van der Waals surface area contributed by atoms with Gasteiger partial charge in [0.1, 0.15) is 12.7 Å². The Balaban J connectivity index is 1.72. The molecule has 0 aliphatic heterocycles. The van der Waals surface area contributed by atoms with Crippen LogP contribution >= 0.6 is 0 Å². The fourth-order valence-electron chi connectivity index (χ4n) is 2.26. The van der Waals surface area contributed by atoms with Crippen molar-refractivity contribution in [1.82, 2.24) is 9.78 Å². The van der Waals surface area contributed by atoms with Crippen LogP contribution in [-0.2, 0) is 6.54 Å². The van der Waals surface area contributed by atoms with E-state index >= 15 is 0 Å². The van der Waals surface area contributed by atoms with E-state index in [0.29, 0.717) is 18.9 Å². The Morgan fingerprint density at radius 3 is 2.95 bits per heavy atom. The summed E-state index contributed by atoms with van der Waals surface area (Å²) in [4.78, 5) is 10.9. The molecule has 3 N–H and O–H groups in total. The van der Waals surface area contributed by atoms with Gasteiger partial charge in [-0.25, -0.2) is 4.79 Å². The molecule has 0 bridgehead atoms. The second-order valence-corrected chi connectivity index (χ2v) is 4.80. The number of nitrogens with zero attached hydrogens (tertiary/aromatic N) is 3. The number of anilines is 1. The molecule has 0 fully saturated rings. The minimum atomic E-state index is -0.951. The topological polar surface area (TPSA) is 91.3 Å². The largest absolute Gasteiger partial charge is 0.478 e. The standard InChI is InChI=1S/C15H14N4O3/c20-15(21)11-4-5-13-12(9-11)10-17-18(13)8-6-16-14-3-1-2-7-19(14)22/h1-5,7,9-10,22H,6,8H2,(H,20,21)/p+1. The van der Waals surface area contributed by atoms with Crippen LogP contribution in [0.25, 0.3) is 10.9 Å². The molecule has 0 atom stereocenters. The number of benzene rings is 1. The van der Waals surface area contributed by atoms with Crippen LogP contribution in [0.1, 0.15) is 10.4 Å². The molecule has 7 heteroatoms. The van der Waals surface area contributed by atoms with Crippen LogP contribution in [0.2, 0.25) is 0 Å². The highest BCUT2D eigenvalue weighted by atomic mass is 16.5. The highest BCUT2D eigenvalue weighted by Gasteiger charge is 2.09. The molecule has 112 valence electrons. The molecule has 0 saturated carbocycles. The van der Waals surface area contributed by atoms with Crippen molar-refractivity contribution in [1.29, 1.82) is 0 Å². The number of carboxylic acid groups (broad SMARTS) is 1. The number of aromatic nitrogens is 3. The first-order valence-electron chi connectivity index (χ1n) is 6.78. The summed E-state index contributed by atoms with van der Waals surface area (Å²) >= 11 is 0. The molecular weight excluding hydrogens is 284 g/mol. The molecule has 22 heavy (non-hydrogen) atoms. The van der Waals surface area contributed by atoms with Crippen molar-refractivity contribution in [2.24, 2.45) is 0 Å². The third-order valence-electron chi connectivity index (χ3n) is 3.36. The van der Waals surface area contributed by atoms with Gasteiger partial charge in [0.25, 0.3) is 0 Å². The first kappa shape index (κ1) is 13.9. The van der Waals surface area contributed by atoms with Crippen LogP contribution in [0.15, 0.2) is 48.8 Å². The fourth-order valence-corrected chi connectivity index (χ4v) is 2.26. The molecule has 0 aliphatic carbocycles. The summed E-state index contributed by atoms with van der Waals surface area (Å²) in [5, 5.41) is 26.7. The maximum atomic E-state index is 10.9. The summed E-state index contributed by atoms with van der Waals surface area (Å²) in [6.07, 6.45) is 3.19. The van der Waals surface area contributed by atoms with Gasteiger partial charge in [-0.3, -0.25) is 10.00 Å². The molecule has 0 amide bonds. The maximum Gasteiger partial charge on any atom is 0.335 e. The second-order valence-electron chi connectivity index (χ2n) is 4.80. The Morgan fingerprint density at radius 2 is 2.18 bits per heavy atom. The van der Waals surface area contributed by atoms with E-state index in [1.165, 1.54) is 0 Å². The lowest BCUT2D eigenvalue weighted by molar-refractivity contribution is -0.893. The van der Waals surface area contributed by atoms with Gasteiger partial charge in [0.15, 0.2) is 0 Å². The molecule has 1 aromatic carbocycles. The van der Waals surface area contributed by atoms with Gasteiger partial charge >= 0.3 is 11.8 Å². The molecule has 2 heterocycles. The number of aromatic carboxylic acids is 1. The van der Waals surface area contributed by atoms with Crippen molar-refractivity contribution in [2.45, 2.75) is 6.54 Å². The van der Waals surface area contributed by atoms with Crippen LogP contribution in [0, 0.1) is 0 Å². The van der Waals surface area contributed by atoms with Crippen LogP contribution < -0.4 is 10.0 Å². The van der Waals surface area contributed by atoms with Crippen molar-refractivity contribution >= 4 is 22.7 Å². The number of nitrogens with one attached hydrogen (secondary N) is 1. The van der Waals surface area contributed by atoms with Gasteiger partial charge < -0.3 is 10.3 Å². The number of carbonyl (C=O) groups is 1. The van der Waals surface area contributed by atoms with Crippen LogP contribution in [0.5, 0.6) is 0 Å². The number of carboxylic acids is 1. The molecule has 0 aliphatic rings. The van der Waals surface area contributed by atoms with E-state index in [4.69, 9.17) is 5.11 Å². The Bertz CT molecular complexity index is 829. The number of fused-ring (bicyclic) bond motifs is 1. The first-order chi connectivity index (χ1) is 10.6. The van der Waals surface area contributed by atoms with Crippen molar-refractivity contribution in [2.75, 3.05) is 11.9 Å². The zero-order valence-corrected chi connectivity index (χ0v) is 11.7. The average Bonchev–Trinajstić information content (AvgIpc) is 2.91. The Morgan fingerprint density at radius 1 is 1.32 bits per heavy atom. The van der Waals surface area contributed by atoms with E-state index in [1.807, 2.05) is 6.07 Å². The predicted octanol–water partition coefficient (Wildman–Crippen LogP) is 1.37. The second kappa shape index (κ2) is 5.72. The molecular formula is C15H15N4O3+. The van der Waals surface area contributed by atoms with Gasteiger partial charge in [0.05, 0.1) is 23.8 Å². The molecule has 0 spiro atoms. The molecule has 0 saturated heterocycles. The molecule has 3 aromatic rings. The lowest BCUT2D eigenvalue weighted by atomic mass is 10.1. The van der Waals surface area contributed by atoms with Gasteiger partial charge in [-0.2, -0.15) is 5.10 Å². The van der Waals surface area contributed by atoms with Gasteiger partial charge in [-0.15, -0.1) is 0 Å². The van der Waals surface area contributed by atoms with Crippen molar-refractivity contribution in [3.05, 3.63) is 54.4 Å². The van der Waals surface area contributed by atoms with Crippen molar-refractivity contribution in [3.63, 3.8) is 0 Å². The summed E-state index contributed by atoms with van der Waals surface area (Å²) in [7, 11) is 0. The third kappa shape index (κ3) is 2.69. The number of pyridine rings is 1. The quantitative estimate of drug-likeness (QED) is 0.489. The van der Waals surface area contributed by atoms with E-state index in [9.17, 15) is 10.0 Å². The van der Waals surface area contributed by atoms with Crippen LogP contribution in [0.3, 0.4) is 0 Å². The summed E-state index contributed by atoms with van der Waals surface area (Å²) < 4.78 is 2.80. The highest BCUT2D eigenvalue weighted by Crippen LogP contribution is 2.15. The average molecular weight is 299 g/mol. The van der Waals surface area contributed by atoms with Gasteiger partial charge in [-0.05, 0) is 24.3 Å². The lowest BCUT2D eigenvalue weighted by Gasteiger charge is -2.04. The summed E-state index contributed by atoms with van der Waals surface area (Å²) in [6, 6.07) is 10.2. The minimum absolute atomic E-state index is 0.246. The number of rotatable bonds is 5. The lowest BCUT2D eigenvalue weighted by Crippen LogP contribution is -2.34. The summed E-state index contributed by atoms with van der Waals surface area (Å²) in [5.41, 5.74) is 1.12. The normalized spacial score (nSPS) is 10.7. The molecule has 2 aromatic heterocycles. The molecule has 0 radical (unpaired) electrons. The van der Waals surface area contributed by atoms with E-state index in [-0.39, 0.29) is 5.56 Å². The minimum Gasteiger partial charge on any atom is -0.478 e. The monoisotopic (exact) mass is 299 g/mol. The maximum absolute atomic E-state index is 10.9. The van der Waals surface area contributed by atoms with E-state index in [0.717, 1.165) is 15.6 Å². The van der Waals surface area contributed by atoms with E-state index in [2.05, 4.69) is 10.4 Å². The Kier molecular flexibility index (Phi) is 3.61. The Labute approximate surface area is 126 Å². The highest BCUT2D eigenvalue weighted by molar-refractivity contribution is 5.93. The number of hydrogen-bond acceptors (Lipinski definition) is 4. The van der Waals surface area contributed by atoms with E-state index in [1.54, 1.807) is 47.4 Å². The Hall–Kier alpha value is -3.09. The van der Waals surface area contributed by atoms with Crippen LogP contribution in [0.4, 0.5) is 5.82 Å². The smallest absolute Gasteiger partial charge is 0.335 e.